The van der Waals surface area contributed by atoms with E-state index >= 15 is 0 Å². The van der Waals surface area contributed by atoms with E-state index in [1.807, 2.05) is 59.5 Å². The van der Waals surface area contributed by atoms with E-state index in [1.165, 1.54) is 0 Å². The van der Waals surface area contributed by atoms with Gasteiger partial charge in [-0.25, -0.2) is 4.79 Å². The number of carbonyl (C=O) groups is 3. The lowest BCUT2D eigenvalue weighted by atomic mass is 9.81. The summed E-state index contributed by atoms with van der Waals surface area (Å²) in [6.45, 7) is 0.209. The number of fused-ring (bicyclic) bond motifs is 2. The van der Waals surface area contributed by atoms with Crippen molar-refractivity contribution in [3.05, 3.63) is 65.7 Å². The molecule has 3 atom stereocenters. The van der Waals surface area contributed by atoms with Crippen LogP contribution < -0.4 is 4.90 Å². The number of hydrogen-bond acceptors (Lipinski definition) is 4. The van der Waals surface area contributed by atoms with E-state index in [0.29, 0.717) is 0 Å². The van der Waals surface area contributed by atoms with Gasteiger partial charge in [0, 0.05) is 24.4 Å². The molecule has 7 heteroatoms. The van der Waals surface area contributed by atoms with Crippen LogP contribution in [0.25, 0.3) is 0 Å². The van der Waals surface area contributed by atoms with Gasteiger partial charge in [-0.15, -0.1) is 0 Å². The van der Waals surface area contributed by atoms with Crippen LogP contribution in [0.1, 0.15) is 62.1 Å². The Morgan fingerprint density at radius 3 is 2.41 bits per heavy atom. The van der Waals surface area contributed by atoms with Crippen molar-refractivity contribution in [2.24, 2.45) is 5.92 Å². The molecule has 2 saturated carbocycles. The maximum atomic E-state index is 13.4. The van der Waals surface area contributed by atoms with E-state index in [2.05, 4.69) is 0 Å². The molecular formula is C27H30N2O5. The third-order valence-corrected chi connectivity index (χ3v) is 7.27. The number of anilines is 1. The number of para-hydroxylation sites is 1. The zero-order chi connectivity index (χ0) is 23.7. The Morgan fingerprint density at radius 2 is 1.68 bits per heavy atom. The molecule has 3 aliphatic rings. The van der Waals surface area contributed by atoms with Crippen molar-refractivity contribution in [3.63, 3.8) is 0 Å². The number of ether oxygens (including phenoxy) is 1. The molecule has 2 amide bonds. The fourth-order valence-corrected chi connectivity index (χ4v) is 5.68. The van der Waals surface area contributed by atoms with E-state index in [4.69, 9.17) is 9.84 Å². The average molecular weight is 463 g/mol. The molecule has 178 valence electrons. The Hall–Kier alpha value is -3.35. The Balaban J connectivity index is 1.46. The van der Waals surface area contributed by atoms with E-state index in [-0.39, 0.29) is 55.5 Å². The first-order valence-electron chi connectivity index (χ1n) is 12.2. The summed E-state index contributed by atoms with van der Waals surface area (Å²) in [5, 5.41) is 9.12. The third-order valence-electron chi connectivity index (χ3n) is 7.27. The number of hydrogen-bond donors (Lipinski definition) is 1. The Kier molecular flexibility index (Phi) is 6.26. The number of aliphatic carboxylic acids is 1. The standard InChI is InChI=1S/C27H30N2O5/c30-24(15-16-25(31)32)28(19-13-14-19)26-20-9-4-5-11-22(20)29(23-12-6-10-21(23)26)27(33)34-17-18-7-2-1-3-8-18/h1-5,7-9,11,19,21,23,26H,6,10,12-17H2,(H,31,32). The molecule has 0 spiro atoms. The van der Waals surface area contributed by atoms with Crippen LogP contribution >= 0.6 is 0 Å². The molecule has 7 nitrogen and oxygen atoms in total. The quantitative estimate of drug-likeness (QED) is 0.632. The molecule has 0 aromatic heterocycles. The summed E-state index contributed by atoms with van der Waals surface area (Å²) in [5.41, 5.74) is 2.69. The third kappa shape index (κ3) is 4.39. The molecule has 34 heavy (non-hydrogen) atoms. The van der Waals surface area contributed by atoms with Crippen LogP contribution in [0.15, 0.2) is 54.6 Å². The highest BCUT2D eigenvalue weighted by molar-refractivity contribution is 5.91. The topological polar surface area (TPSA) is 87.2 Å². The van der Waals surface area contributed by atoms with Crippen LogP contribution in [0, 0.1) is 5.92 Å². The predicted molar refractivity (Wildman–Crippen MR) is 126 cm³/mol. The second kappa shape index (κ2) is 9.49. The molecule has 2 aromatic rings. The van der Waals surface area contributed by atoms with Gasteiger partial charge in [0.25, 0.3) is 0 Å². The first kappa shape index (κ1) is 22.4. The highest BCUT2D eigenvalue weighted by Gasteiger charge is 2.51. The van der Waals surface area contributed by atoms with E-state index in [9.17, 15) is 14.4 Å². The van der Waals surface area contributed by atoms with Crippen LogP contribution in [0.5, 0.6) is 0 Å². The van der Waals surface area contributed by atoms with Crippen molar-refractivity contribution in [1.29, 1.82) is 0 Å². The molecule has 5 rings (SSSR count). The van der Waals surface area contributed by atoms with Crippen LogP contribution in [0.2, 0.25) is 0 Å². The summed E-state index contributed by atoms with van der Waals surface area (Å²) < 4.78 is 5.74. The molecule has 0 radical (unpaired) electrons. The summed E-state index contributed by atoms with van der Waals surface area (Å²) in [7, 11) is 0. The Morgan fingerprint density at radius 1 is 0.941 bits per heavy atom. The SMILES string of the molecule is O=C(O)CCC(=O)N(C1CC1)C1c2ccccc2N(C(=O)OCc2ccccc2)C2CCCC21. The predicted octanol–water partition coefficient (Wildman–Crippen LogP) is 4.91. The maximum absolute atomic E-state index is 13.4. The highest BCUT2D eigenvalue weighted by Crippen LogP contribution is 2.52. The normalized spacial score (nSPS) is 23.1. The zero-order valence-electron chi connectivity index (χ0n) is 19.1. The van der Waals surface area contributed by atoms with Gasteiger partial charge in [0.2, 0.25) is 5.91 Å². The molecule has 2 aromatic carbocycles. The summed E-state index contributed by atoms with van der Waals surface area (Å²) >= 11 is 0. The average Bonchev–Trinajstić information content (AvgIpc) is 3.57. The molecule has 1 N–H and O–H groups in total. The minimum Gasteiger partial charge on any atom is -0.481 e. The number of nitrogens with zero attached hydrogens (tertiary/aromatic N) is 2. The minimum atomic E-state index is -0.959. The number of carbonyl (C=O) groups excluding carboxylic acids is 2. The summed E-state index contributed by atoms with van der Waals surface area (Å²) in [6, 6.07) is 17.4. The number of carboxylic acid groups (broad SMARTS) is 1. The van der Waals surface area contributed by atoms with Crippen molar-refractivity contribution >= 4 is 23.7 Å². The van der Waals surface area contributed by atoms with Crippen LogP contribution in [-0.2, 0) is 20.9 Å². The van der Waals surface area contributed by atoms with Crippen molar-refractivity contribution in [3.8, 4) is 0 Å². The van der Waals surface area contributed by atoms with Gasteiger partial charge in [0.15, 0.2) is 0 Å². The second-order valence-corrected chi connectivity index (χ2v) is 9.50. The van der Waals surface area contributed by atoms with Gasteiger partial charge in [0.05, 0.1) is 18.2 Å². The first-order chi connectivity index (χ1) is 16.5. The summed E-state index contributed by atoms with van der Waals surface area (Å²) in [4.78, 5) is 41.5. The van der Waals surface area contributed by atoms with E-state index in [0.717, 1.165) is 48.9 Å². The Bertz CT molecular complexity index is 1070. The van der Waals surface area contributed by atoms with Crippen LogP contribution in [-0.4, -0.2) is 40.1 Å². The van der Waals surface area contributed by atoms with Crippen molar-refractivity contribution in [2.75, 3.05) is 4.90 Å². The van der Waals surface area contributed by atoms with Gasteiger partial charge in [-0.2, -0.15) is 0 Å². The molecule has 1 aliphatic heterocycles. The molecule has 0 bridgehead atoms. The molecule has 2 fully saturated rings. The van der Waals surface area contributed by atoms with Gasteiger partial charge in [0.1, 0.15) is 6.61 Å². The fraction of sp³-hybridized carbons (Fsp3) is 0.444. The number of benzene rings is 2. The van der Waals surface area contributed by atoms with Crippen molar-refractivity contribution < 1.29 is 24.2 Å². The van der Waals surface area contributed by atoms with Gasteiger partial charge < -0.3 is 14.7 Å². The lowest BCUT2D eigenvalue weighted by Gasteiger charge is -2.47. The van der Waals surface area contributed by atoms with Crippen LogP contribution in [0.3, 0.4) is 0 Å². The molecule has 1 heterocycles. The van der Waals surface area contributed by atoms with Gasteiger partial charge in [-0.05, 0) is 42.9 Å². The van der Waals surface area contributed by atoms with Gasteiger partial charge >= 0.3 is 12.1 Å². The second-order valence-electron chi connectivity index (χ2n) is 9.50. The largest absolute Gasteiger partial charge is 0.481 e. The highest BCUT2D eigenvalue weighted by atomic mass is 16.6. The van der Waals surface area contributed by atoms with E-state index < -0.39 is 5.97 Å². The summed E-state index contributed by atoms with van der Waals surface area (Å²) in [5.74, 6) is -0.955. The lowest BCUT2D eigenvalue weighted by molar-refractivity contribution is -0.142. The summed E-state index contributed by atoms with van der Waals surface area (Å²) in [6.07, 6.45) is 4.12. The lowest BCUT2D eigenvalue weighted by Crippen LogP contribution is -2.53. The monoisotopic (exact) mass is 462 g/mol. The Labute approximate surface area is 199 Å². The molecular weight excluding hydrogens is 432 g/mol. The van der Waals surface area contributed by atoms with Crippen molar-refractivity contribution in [2.45, 2.75) is 69.7 Å². The van der Waals surface area contributed by atoms with Gasteiger partial charge in [-0.3, -0.25) is 14.5 Å². The van der Waals surface area contributed by atoms with Crippen molar-refractivity contribution in [1.82, 2.24) is 4.90 Å². The van der Waals surface area contributed by atoms with Crippen LogP contribution in [0.4, 0.5) is 10.5 Å². The molecule has 3 unspecified atom stereocenters. The molecule has 0 saturated heterocycles. The maximum Gasteiger partial charge on any atom is 0.414 e. The zero-order valence-corrected chi connectivity index (χ0v) is 19.1. The number of carboxylic acids is 1. The smallest absolute Gasteiger partial charge is 0.414 e. The van der Waals surface area contributed by atoms with Gasteiger partial charge in [-0.1, -0.05) is 55.0 Å². The minimum absolute atomic E-state index is 0.00468. The number of rotatable bonds is 7. The molecule has 2 aliphatic carbocycles. The first-order valence-corrected chi connectivity index (χ1v) is 12.2. The number of amides is 2. The van der Waals surface area contributed by atoms with E-state index in [1.54, 1.807) is 4.90 Å². The fourth-order valence-electron chi connectivity index (χ4n) is 5.68.